The zero-order valence-electron chi connectivity index (χ0n) is 22.8. The predicted octanol–water partition coefficient (Wildman–Crippen LogP) is 6.23. The van der Waals surface area contributed by atoms with Crippen molar-refractivity contribution in [1.82, 2.24) is 0 Å². The normalized spacial score (nSPS) is 46.5. The van der Waals surface area contributed by atoms with Crippen LogP contribution in [0.2, 0.25) is 0 Å². The second kappa shape index (κ2) is 10.0. The first-order valence-corrected chi connectivity index (χ1v) is 14.6. The Morgan fingerprint density at radius 2 is 1.59 bits per heavy atom. The summed E-state index contributed by atoms with van der Waals surface area (Å²) in [5.74, 6) is 3.30. The molecule has 0 aromatic heterocycles. The lowest BCUT2D eigenvalue weighted by molar-refractivity contribution is -0.215. The van der Waals surface area contributed by atoms with Crippen molar-refractivity contribution >= 4 is 5.97 Å². The summed E-state index contributed by atoms with van der Waals surface area (Å²) in [6, 6.07) is 0. The summed E-state index contributed by atoms with van der Waals surface area (Å²) in [4.78, 5) is 12.1. The number of ether oxygens (including phenoxy) is 1. The lowest BCUT2D eigenvalue weighted by atomic mass is 9.43. The standard InChI is InChI=1S/C30H52O4/c1-7-34-28(33)20(4)17-18(2)16-19(3)21-11-12-22-25-23(13-15-30(21,22)6)29(5)14-9-8-10-24(29)26(31)27(25)32/h18-27,31-32H,7-17H2,1-6H3/t18?,19?,20?,21?,22?,23?,24-,25?,26-,27+,29+,30+/m0/s1. The molecule has 0 amide bonds. The minimum absolute atomic E-state index is 0.0347. The predicted molar refractivity (Wildman–Crippen MR) is 136 cm³/mol. The molecule has 0 radical (unpaired) electrons. The first-order valence-electron chi connectivity index (χ1n) is 14.6. The third-order valence-corrected chi connectivity index (χ3v) is 11.6. The van der Waals surface area contributed by atoms with Crippen LogP contribution in [0.3, 0.4) is 0 Å². The van der Waals surface area contributed by atoms with Crippen LogP contribution in [0.1, 0.15) is 106 Å². The Labute approximate surface area is 208 Å². The molecule has 0 saturated heterocycles. The Balaban J connectivity index is 1.46. The van der Waals surface area contributed by atoms with E-state index in [1.165, 1.54) is 44.9 Å². The zero-order chi connectivity index (χ0) is 24.8. The summed E-state index contributed by atoms with van der Waals surface area (Å²) in [7, 11) is 0. The van der Waals surface area contributed by atoms with Gasteiger partial charge in [0.1, 0.15) is 0 Å². The Morgan fingerprint density at radius 3 is 2.29 bits per heavy atom. The third-order valence-electron chi connectivity index (χ3n) is 11.6. The molecule has 0 aromatic rings. The van der Waals surface area contributed by atoms with Gasteiger partial charge in [0.05, 0.1) is 24.7 Å². The maximum atomic E-state index is 12.1. The number of carbonyl (C=O) groups is 1. The van der Waals surface area contributed by atoms with Gasteiger partial charge in [0, 0.05) is 0 Å². The number of hydrogen-bond acceptors (Lipinski definition) is 4. The van der Waals surface area contributed by atoms with Crippen LogP contribution in [0.15, 0.2) is 0 Å². The number of rotatable bonds is 7. The van der Waals surface area contributed by atoms with Crippen LogP contribution in [-0.2, 0) is 9.53 Å². The molecule has 2 N–H and O–H groups in total. The van der Waals surface area contributed by atoms with E-state index in [9.17, 15) is 15.0 Å². The monoisotopic (exact) mass is 476 g/mol. The van der Waals surface area contributed by atoms with Crippen LogP contribution in [0.4, 0.5) is 0 Å². The minimum atomic E-state index is -0.552. The van der Waals surface area contributed by atoms with Crippen molar-refractivity contribution in [1.29, 1.82) is 0 Å². The highest BCUT2D eigenvalue weighted by atomic mass is 16.5. The summed E-state index contributed by atoms with van der Waals surface area (Å²) < 4.78 is 5.23. The number of esters is 1. The minimum Gasteiger partial charge on any atom is -0.466 e. The van der Waals surface area contributed by atoms with Crippen molar-refractivity contribution in [3.63, 3.8) is 0 Å². The van der Waals surface area contributed by atoms with Gasteiger partial charge in [-0.15, -0.1) is 0 Å². The average Bonchev–Trinajstić information content (AvgIpc) is 3.14. The second-order valence-electron chi connectivity index (χ2n) is 13.6. The molecule has 0 aliphatic heterocycles. The van der Waals surface area contributed by atoms with Crippen molar-refractivity contribution in [2.24, 2.45) is 58.2 Å². The van der Waals surface area contributed by atoms with E-state index in [4.69, 9.17) is 4.74 Å². The van der Waals surface area contributed by atoms with Crippen molar-refractivity contribution < 1.29 is 19.7 Å². The fourth-order valence-corrected chi connectivity index (χ4v) is 10.2. The zero-order valence-corrected chi connectivity index (χ0v) is 22.8. The Bertz CT molecular complexity index is 723. The van der Waals surface area contributed by atoms with Crippen LogP contribution in [0.25, 0.3) is 0 Å². The first kappa shape index (κ1) is 26.5. The maximum absolute atomic E-state index is 12.1. The molecule has 0 aromatic carbocycles. The molecule has 4 heteroatoms. The van der Waals surface area contributed by atoms with E-state index in [1.807, 2.05) is 13.8 Å². The van der Waals surface area contributed by atoms with E-state index < -0.39 is 12.2 Å². The lowest BCUT2D eigenvalue weighted by Gasteiger charge is -2.63. The molecule has 4 rings (SSSR count). The highest BCUT2D eigenvalue weighted by molar-refractivity contribution is 5.71. The smallest absolute Gasteiger partial charge is 0.308 e. The molecule has 4 saturated carbocycles. The molecule has 196 valence electrons. The summed E-state index contributed by atoms with van der Waals surface area (Å²) in [6.07, 6.45) is 10.7. The highest BCUT2D eigenvalue weighted by Crippen LogP contribution is 2.68. The van der Waals surface area contributed by atoms with Gasteiger partial charge in [-0.25, -0.2) is 0 Å². The molecule has 12 atom stereocenters. The fraction of sp³-hybridized carbons (Fsp3) is 0.967. The van der Waals surface area contributed by atoms with Gasteiger partial charge in [0.25, 0.3) is 0 Å². The first-order chi connectivity index (χ1) is 16.0. The summed E-state index contributed by atoms with van der Waals surface area (Å²) in [5.41, 5.74) is 0.454. The van der Waals surface area contributed by atoms with Gasteiger partial charge in [-0.3, -0.25) is 4.79 Å². The summed E-state index contributed by atoms with van der Waals surface area (Å²) in [6.45, 7) is 14.0. The summed E-state index contributed by atoms with van der Waals surface area (Å²) in [5, 5.41) is 22.7. The Morgan fingerprint density at radius 1 is 0.882 bits per heavy atom. The van der Waals surface area contributed by atoms with E-state index in [1.54, 1.807) is 0 Å². The van der Waals surface area contributed by atoms with Gasteiger partial charge in [-0.05, 0) is 111 Å². The average molecular weight is 477 g/mol. The Hall–Kier alpha value is -0.610. The number of fused-ring (bicyclic) bond motifs is 5. The number of aliphatic hydroxyl groups is 2. The van der Waals surface area contributed by atoms with Crippen molar-refractivity contribution in [2.45, 2.75) is 118 Å². The number of aliphatic hydroxyl groups excluding tert-OH is 2. The number of carbonyl (C=O) groups excluding carboxylic acids is 1. The van der Waals surface area contributed by atoms with Gasteiger partial charge >= 0.3 is 5.97 Å². The fourth-order valence-electron chi connectivity index (χ4n) is 10.2. The van der Waals surface area contributed by atoms with Gasteiger partial charge in [0.15, 0.2) is 0 Å². The van der Waals surface area contributed by atoms with Crippen LogP contribution >= 0.6 is 0 Å². The molecule has 0 spiro atoms. The molecular weight excluding hydrogens is 424 g/mol. The van der Waals surface area contributed by atoms with Crippen molar-refractivity contribution in [2.75, 3.05) is 6.61 Å². The topological polar surface area (TPSA) is 66.8 Å². The Kier molecular flexibility index (Phi) is 7.81. The van der Waals surface area contributed by atoms with Gasteiger partial charge in [0.2, 0.25) is 0 Å². The lowest BCUT2D eigenvalue weighted by Crippen LogP contribution is -2.63. The van der Waals surface area contributed by atoms with Crippen LogP contribution in [0.5, 0.6) is 0 Å². The van der Waals surface area contributed by atoms with Crippen molar-refractivity contribution in [3.05, 3.63) is 0 Å². The van der Waals surface area contributed by atoms with Crippen LogP contribution in [0, 0.1) is 58.2 Å². The molecule has 4 nitrogen and oxygen atoms in total. The van der Waals surface area contributed by atoms with E-state index >= 15 is 0 Å². The van der Waals surface area contributed by atoms with Gasteiger partial charge in [-0.2, -0.15) is 0 Å². The van der Waals surface area contributed by atoms with E-state index in [2.05, 4.69) is 27.7 Å². The SMILES string of the molecule is CCOC(=O)C(C)CC(C)CC(C)C1CCC2C3C(CC[C@]12C)[C@@]1(C)CCCC[C@H]1[C@H](O)[C@@H]3O. The molecule has 34 heavy (non-hydrogen) atoms. The highest BCUT2D eigenvalue weighted by Gasteiger charge is 2.64. The van der Waals surface area contributed by atoms with Gasteiger partial charge < -0.3 is 14.9 Å². The van der Waals surface area contributed by atoms with E-state index in [-0.39, 0.29) is 34.6 Å². The largest absolute Gasteiger partial charge is 0.466 e. The molecule has 4 aliphatic carbocycles. The number of hydrogen-bond donors (Lipinski definition) is 2. The maximum Gasteiger partial charge on any atom is 0.308 e. The van der Waals surface area contributed by atoms with E-state index in [0.29, 0.717) is 36.2 Å². The summed E-state index contributed by atoms with van der Waals surface area (Å²) >= 11 is 0. The molecule has 4 fully saturated rings. The van der Waals surface area contributed by atoms with Crippen LogP contribution < -0.4 is 0 Å². The quantitative estimate of drug-likeness (QED) is 0.428. The van der Waals surface area contributed by atoms with Gasteiger partial charge in [-0.1, -0.05) is 47.5 Å². The molecule has 4 aliphatic rings. The molecule has 0 bridgehead atoms. The molecule has 7 unspecified atom stereocenters. The molecular formula is C30H52O4. The molecule has 0 heterocycles. The van der Waals surface area contributed by atoms with E-state index in [0.717, 1.165) is 19.3 Å². The second-order valence-corrected chi connectivity index (χ2v) is 13.6. The van der Waals surface area contributed by atoms with Crippen LogP contribution in [-0.4, -0.2) is 35.0 Å². The third kappa shape index (κ3) is 4.38. The van der Waals surface area contributed by atoms with Crippen molar-refractivity contribution in [3.8, 4) is 0 Å².